The van der Waals surface area contributed by atoms with Crippen LogP contribution < -0.4 is 10.0 Å². The number of hydrogen-bond acceptors (Lipinski definition) is 4. The number of likely N-dealkylation sites (tertiary alicyclic amines) is 1. The van der Waals surface area contributed by atoms with Crippen molar-refractivity contribution in [3.05, 3.63) is 0 Å². The first-order valence-corrected chi connectivity index (χ1v) is 9.15. The van der Waals surface area contributed by atoms with Gasteiger partial charge in [-0.15, -0.1) is 0 Å². The predicted octanol–water partition coefficient (Wildman–Crippen LogP) is 0.780. The van der Waals surface area contributed by atoms with Gasteiger partial charge < -0.3 is 10.2 Å². The standard InChI is InChI=1S/C13H29N3O2S/c1-3-14-9-5-6-11-19(17,18)15-13-8-7-10-16(4-2)12-13/h13-15H,3-12H2,1-2H3. The van der Waals surface area contributed by atoms with Crippen molar-refractivity contribution in [2.24, 2.45) is 0 Å². The van der Waals surface area contributed by atoms with Crippen LogP contribution in [0.5, 0.6) is 0 Å². The Morgan fingerprint density at radius 3 is 2.74 bits per heavy atom. The first-order chi connectivity index (χ1) is 9.07. The van der Waals surface area contributed by atoms with E-state index in [0.29, 0.717) is 0 Å². The highest BCUT2D eigenvalue weighted by Crippen LogP contribution is 2.10. The summed E-state index contributed by atoms with van der Waals surface area (Å²) in [5.74, 6) is 0.251. The van der Waals surface area contributed by atoms with E-state index in [9.17, 15) is 8.42 Å². The van der Waals surface area contributed by atoms with Crippen LogP contribution >= 0.6 is 0 Å². The summed E-state index contributed by atoms with van der Waals surface area (Å²) in [6.07, 6.45) is 3.70. The van der Waals surface area contributed by atoms with Crippen LogP contribution in [0.25, 0.3) is 0 Å². The molecule has 6 heteroatoms. The summed E-state index contributed by atoms with van der Waals surface area (Å²) < 4.78 is 26.8. The largest absolute Gasteiger partial charge is 0.317 e. The van der Waals surface area contributed by atoms with Crippen molar-refractivity contribution < 1.29 is 8.42 Å². The number of rotatable bonds is 9. The monoisotopic (exact) mass is 291 g/mol. The summed E-state index contributed by atoms with van der Waals surface area (Å²) in [6, 6.07) is 0.104. The molecule has 19 heavy (non-hydrogen) atoms. The first-order valence-electron chi connectivity index (χ1n) is 7.50. The van der Waals surface area contributed by atoms with E-state index in [1.807, 2.05) is 0 Å². The molecule has 0 aromatic rings. The average molecular weight is 291 g/mol. The van der Waals surface area contributed by atoms with Gasteiger partial charge in [0.15, 0.2) is 0 Å². The van der Waals surface area contributed by atoms with Gasteiger partial charge in [0.25, 0.3) is 0 Å². The highest BCUT2D eigenvalue weighted by molar-refractivity contribution is 7.89. The van der Waals surface area contributed by atoms with E-state index >= 15 is 0 Å². The van der Waals surface area contributed by atoms with Gasteiger partial charge in [-0.25, -0.2) is 13.1 Å². The molecule has 5 nitrogen and oxygen atoms in total. The van der Waals surface area contributed by atoms with E-state index in [1.54, 1.807) is 0 Å². The van der Waals surface area contributed by atoms with E-state index < -0.39 is 10.0 Å². The molecular weight excluding hydrogens is 262 g/mol. The molecule has 0 spiro atoms. The third kappa shape index (κ3) is 7.25. The van der Waals surface area contributed by atoms with Crippen molar-refractivity contribution in [2.45, 2.75) is 45.6 Å². The molecule has 1 heterocycles. The van der Waals surface area contributed by atoms with Crippen molar-refractivity contribution in [1.82, 2.24) is 14.9 Å². The Balaban J connectivity index is 2.25. The van der Waals surface area contributed by atoms with Crippen LogP contribution in [0, 0.1) is 0 Å². The average Bonchev–Trinajstić information content (AvgIpc) is 2.38. The Bertz CT molecular complexity index is 333. The topological polar surface area (TPSA) is 61.4 Å². The van der Waals surface area contributed by atoms with Gasteiger partial charge in [0, 0.05) is 12.6 Å². The third-order valence-corrected chi connectivity index (χ3v) is 5.08. The Morgan fingerprint density at radius 1 is 1.26 bits per heavy atom. The molecule has 1 atom stereocenters. The minimum atomic E-state index is -3.10. The minimum Gasteiger partial charge on any atom is -0.317 e. The minimum absolute atomic E-state index is 0.104. The quantitative estimate of drug-likeness (QED) is 0.616. The van der Waals surface area contributed by atoms with Gasteiger partial charge in [-0.2, -0.15) is 0 Å². The predicted molar refractivity (Wildman–Crippen MR) is 79.8 cm³/mol. The molecule has 1 aliphatic rings. The summed E-state index contributed by atoms with van der Waals surface area (Å²) >= 11 is 0. The van der Waals surface area contributed by atoms with E-state index in [4.69, 9.17) is 0 Å². The molecule has 0 amide bonds. The summed E-state index contributed by atoms with van der Waals surface area (Å²) in [6.45, 7) is 8.98. The van der Waals surface area contributed by atoms with E-state index in [0.717, 1.165) is 58.4 Å². The Morgan fingerprint density at radius 2 is 2.05 bits per heavy atom. The molecule has 1 aliphatic heterocycles. The van der Waals surface area contributed by atoms with Crippen LogP contribution in [0.15, 0.2) is 0 Å². The maximum absolute atomic E-state index is 12.0. The lowest BCUT2D eigenvalue weighted by atomic mass is 10.1. The molecule has 0 aromatic heterocycles. The van der Waals surface area contributed by atoms with Gasteiger partial charge in [0.2, 0.25) is 10.0 Å². The fourth-order valence-electron chi connectivity index (χ4n) is 2.47. The molecule has 1 unspecified atom stereocenters. The molecule has 1 rings (SSSR count). The SMILES string of the molecule is CCNCCCCS(=O)(=O)NC1CCCN(CC)C1. The second-order valence-corrected chi connectivity index (χ2v) is 7.10. The summed E-state index contributed by atoms with van der Waals surface area (Å²) in [5, 5.41) is 3.21. The number of hydrogen-bond donors (Lipinski definition) is 2. The zero-order chi connectivity index (χ0) is 14.1. The first kappa shape index (κ1) is 16.9. The molecule has 0 aromatic carbocycles. The Kier molecular flexibility index (Phi) is 7.90. The highest BCUT2D eigenvalue weighted by Gasteiger charge is 2.22. The number of sulfonamides is 1. The number of unbranched alkanes of at least 4 members (excludes halogenated alkanes) is 1. The number of nitrogens with one attached hydrogen (secondary N) is 2. The molecule has 1 saturated heterocycles. The summed E-state index contributed by atoms with van der Waals surface area (Å²) in [7, 11) is -3.10. The van der Waals surface area contributed by atoms with E-state index in [1.165, 1.54) is 0 Å². The van der Waals surface area contributed by atoms with Gasteiger partial charge in [-0.3, -0.25) is 0 Å². The molecule has 2 N–H and O–H groups in total. The lowest BCUT2D eigenvalue weighted by Gasteiger charge is -2.32. The normalized spacial score (nSPS) is 21.7. The molecule has 1 fully saturated rings. The van der Waals surface area contributed by atoms with Crippen LogP contribution in [0.2, 0.25) is 0 Å². The van der Waals surface area contributed by atoms with Gasteiger partial charge in [-0.1, -0.05) is 13.8 Å². The molecule has 0 aliphatic carbocycles. The Hall–Kier alpha value is -0.170. The second-order valence-electron chi connectivity index (χ2n) is 5.23. The van der Waals surface area contributed by atoms with Crippen molar-refractivity contribution in [1.29, 1.82) is 0 Å². The fourth-order valence-corrected chi connectivity index (χ4v) is 3.87. The van der Waals surface area contributed by atoms with Crippen molar-refractivity contribution in [3.63, 3.8) is 0 Å². The van der Waals surface area contributed by atoms with Crippen molar-refractivity contribution in [2.75, 3.05) is 38.5 Å². The molecular formula is C13H29N3O2S. The third-order valence-electron chi connectivity index (χ3n) is 3.57. The van der Waals surface area contributed by atoms with Crippen molar-refractivity contribution >= 4 is 10.0 Å². The molecule has 114 valence electrons. The zero-order valence-corrected chi connectivity index (χ0v) is 13.1. The lowest BCUT2D eigenvalue weighted by Crippen LogP contribution is -2.48. The second kappa shape index (κ2) is 8.89. The van der Waals surface area contributed by atoms with E-state index in [-0.39, 0.29) is 11.8 Å². The van der Waals surface area contributed by atoms with Crippen LogP contribution in [0.4, 0.5) is 0 Å². The molecule has 0 bridgehead atoms. The van der Waals surface area contributed by atoms with Crippen LogP contribution in [0.3, 0.4) is 0 Å². The van der Waals surface area contributed by atoms with Crippen LogP contribution in [-0.4, -0.2) is 57.8 Å². The fraction of sp³-hybridized carbons (Fsp3) is 1.00. The number of likely N-dealkylation sites (N-methyl/N-ethyl adjacent to an activating group) is 1. The van der Waals surface area contributed by atoms with Crippen molar-refractivity contribution in [3.8, 4) is 0 Å². The molecule has 0 saturated carbocycles. The summed E-state index contributed by atoms with van der Waals surface area (Å²) in [5.41, 5.74) is 0. The highest BCUT2D eigenvalue weighted by atomic mass is 32.2. The Labute approximate surface area is 118 Å². The summed E-state index contributed by atoms with van der Waals surface area (Å²) in [4.78, 5) is 2.31. The van der Waals surface area contributed by atoms with Gasteiger partial charge in [-0.05, 0) is 51.9 Å². The van der Waals surface area contributed by atoms with Gasteiger partial charge in [0.05, 0.1) is 5.75 Å². The maximum atomic E-state index is 12.0. The molecule has 0 radical (unpaired) electrons. The van der Waals surface area contributed by atoms with Gasteiger partial charge in [0.1, 0.15) is 0 Å². The van der Waals surface area contributed by atoms with Crippen LogP contribution in [0.1, 0.15) is 39.5 Å². The van der Waals surface area contributed by atoms with E-state index in [2.05, 4.69) is 28.8 Å². The maximum Gasteiger partial charge on any atom is 0.211 e. The number of nitrogens with zero attached hydrogens (tertiary/aromatic N) is 1. The van der Waals surface area contributed by atoms with Crippen LogP contribution in [-0.2, 0) is 10.0 Å². The zero-order valence-electron chi connectivity index (χ0n) is 12.3. The van der Waals surface area contributed by atoms with Gasteiger partial charge >= 0.3 is 0 Å². The smallest absolute Gasteiger partial charge is 0.211 e. The number of piperidine rings is 1. The lowest BCUT2D eigenvalue weighted by molar-refractivity contribution is 0.211.